The van der Waals surface area contributed by atoms with Crippen LogP contribution in [0.2, 0.25) is 0 Å². The van der Waals surface area contributed by atoms with Gasteiger partial charge in [0.05, 0.1) is 0 Å². The van der Waals surface area contributed by atoms with Gasteiger partial charge in [0.25, 0.3) is 0 Å². The molecule has 1 nitrogen and oxygen atoms in total. The van der Waals surface area contributed by atoms with Crippen molar-refractivity contribution in [2.24, 2.45) is 5.73 Å². The van der Waals surface area contributed by atoms with Crippen molar-refractivity contribution in [3.63, 3.8) is 0 Å². The summed E-state index contributed by atoms with van der Waals surface area (Å²) in [5.74, 6) is 0. The van der Waals surface area contributed by atoms with Crippen LogP contribution in [0.5, 0.6) is 0 Å². The average Bonchev–Trinajstić information content (AvgIpc) is 2.29. The fourth-order valence-electron chi connectivity index (χ4n) is 0.385. The molecule has 0 radical (unpaired) electrons. The van der Waals surface area contributed by atoms with Gasteiger partial charge in [0, 0.05) is 0 Å². The van der Waals surface area contributed by atoms with Crippen LogP contribution in [0.4, 0.5) is 0 Å². The van der Waals surface area contributed by atoms with Gasteiger partial charge in [0.2, 0.25) is 0 Å². The zero-order valence-corrected chi connectivity index (χ0v) is 9.04. The summed E-state index contributed by atoms with van der Waals surface area (Å²) < 4.78 is 0. The molecule has 72 valence electrons. The van der Waals surface area contributed by atoms with E-state index in [0.717, 1.165) is 0 Å². The third-order valence-electron chi connectivity index (χ3n) is 0.667. The topological polar surface area (TPSA) is 26.0 Å². The normalized spacial score (nSPS) is 5.50. The number of rotatable bonds is 0. The quantitative estimate of drug-likeness (QED) is 0.633. The van der Waals surface area contributed by atoms with E-state index in [1.807, 2.05) is 64.1 Å². The second-order valence-corrected chi connectivity index (χ2v) is 1.15. The minimum absolute atomic E-state index is 1.50. The minimum Gasteiger partial charge on any atom is -0.333 e. The fraction of sp³-hybridized carbons (Fsp3) is 0.455. The monoisotopic (exact) mass is 169 g/mol. The lowest BCUT2D eigenvalue weighted by Gasteiger charge is -1.69. The summed E-state index contributed by atoms with van der Waals surface area (Å²) in [6, 6.07) is 12.0. The van der Waals surface area contributed by atoms with Gasteiger partial charge in [-0.1, -0.05) is 64.1 Å². The van der Waals surface area contributed by atoms with Gasteiger partial charge in [-0.25, -0.2) is 0 Å². The van der Waals surface area contributed by atoms with E-state index >= 15 is 0 Å². The van der Waals surface area contributed by atoms with Crippen LogP contribution in [-0.2, 0) is 0 Å². The maximum absolute atomic E-state index is 4.50. The highest BCUT2D eigenvalue weighted by Crippen LogP contribution is 1.79. The molecule has 0 fully saturated rings. The summed E-state index contributed by atoms with van der Waals surface area (Å²) >= 11 is 0. The van der Waals surface area contributed by atoms with Crippen LogP contribution in [-0.4, -0.2) is 7.05 Å². The maximum Gasteiger partial charge on any atom is -0.0195 e. The van der Waals surface area contributed by atoms with E-state index in [9.17, 15) is 0 Å². The third kappa shape index (κ3) is 22.9. The van der Waals surface area contributed by atoms with Gasteiger partial charge in [0.1, 0.15) is 0 Å². The first kappa shape index (κ1) is 17.3. The van der Waals surface area contributed by atoms with Gasteiger partial charge in [-0.05, 0) is 7.05 Å². The number of benzene rings is 1. The van der Waals surface area contributed by atoms with Crippen molar-refractivity contribution >= 4 is 0 Å². The zero-order chi connectivity index (χ0) is 10.2. The van der Waals surface area contributed by atoms with E-state index in [1.54, 1.807) is 0 Å². The Morgan fingerprint density at radius 2 is 0.583 bits per heavy atom. The summed E-state index contributed by atoms with van der Waals surface area (Å²) in [6.07, 6.45) is 0. The summed E-state index contributed by atoms with van der Waals surface area (Å²) in [6.45, 7) is 8.00. The van der Waals surface area contributed by atoms with E-state index < -0.39 is 0 Å². The summed E-state index contributed by atoms with van der Waals surface area (Å²) in [5.41, 5.74) is 4.50. The van der Waals surface area contributed by atoms with E-state index in [1.165, 1.54) is 7.05 Å². The lowest BCUT2D eigenvalue weighted by Crippen LogP contribution is -1.69. The molecule has 0 spiro atoms. The second-order valence-electron chi connectivity index (χ2n) is 1.15. The maximum atomic E-state index is 4.50. The minimum atomic E-state index is 1.50. The molecular formula is C11H23N. The van der Waals surface area contributed by atoms with Gasteiger partial charge in [0.15, 0.2) is 0 Å². The van der Waals surface area contributed by atoms with Gasteiger partial charge >= 0.3 is 0 Å². The third-order valence-corrected chi connectivity index (χ3v) is 0.667. The average molecular weight is 169 g/mol. The first-order chi connectivity index (χ1) is 6.00. The molecule has 0 atom stereocenters. The summed E-state index contributed by atoms with van der Waals surface area (Å²) in [4.78, 5) is 0. The zero-order valence-electron chi connectivity index (χ0n) is 9.04. The standard InChI is InChI=1S/C6H6.2C2H6.CH5N/c1-2-4-6-5-3-1;3*1-2/h1-6H;2*1-2H3;2H2,1H3. The van der Waals surface area contributed by atoms with Crippen LogP contribution in [0, 0.1) is 0 Å². The van der Waals surface area contributed by atoms with Crippen molar-refractivity contribution in [1.82, 2.24) is 0 Å². The number of hydrogen-bond donors (Lipinski definition) is 1. The molecule has 1 rings (SSSR count). The van der Waals surface area contributed by atoms with Crippen LogP contribution in [0.15, 0.2) is 36.4 Å². The molecular weight excluding hydrogens is 146 g/mol. The Balaban J connectivity index is -0.000000117. The van der Waals surface area contributed by atoms with Crippen LogP contribution in [0.1, 0.15) is 27.7 Å². The van der Waals surface area contributed by atoms with Crippen molar-refractivity contribution < 1.29 is 0 Å². The smallest absolute Gasteiger partial charge is 0.0195 e. The molecule has 0 aromatic heterocycles. The Morgan fingerprint density at radius 1 is 0.500 bits per heavy atom. The Morgan fingerprint density at radius 3 is 0.667 bits per heavy atom. The lowest BCUT2D eigenvalue weighted by atomic mass is 10.4. The first-order valence-electron chi connectivity index (χ1n) is 4.58. The molecule has 0 heterocycles. The number of nitrogens with two attached hydrogens (primary N) is 1. The molecule has 12 heavy (non-hydrogen) atoms. The van der Waals surface area contributed by atoms with Crippen LogP contribution >= 0.6 is 0 Å². The molecule has 0 aliphatic rings. The fourth-order valence-corrected chi connectivity index (χ4v) is 0.385. The van der Waals surface area contributed by atoms with Crippen molar-refractivity contribution in [3.05, 3.63) is 36.4 Å². The van der Waals surface area contributed by atoms with Crippen molar-refractivity contribution in [2.45, 2.75) is 27.7 Å². The molecule has 2 N–H and O–H groups in total. The predicted molar refractivity (Wildman–Crippen MR) is 59.2 cm³/mol. The van der Waals surface area contributed by atoms with Crippen LogP contribution < -0.4 is 5.73 Å². The molecule has 0 bridgehead atoms. The Bertz CT molecular complexity index is 76.9. The van der Waals surface area contributed by atoms with Crippen molar-refractivity contribution in [3.8, 4) is 0 Å². The van der Waals surface area contributed by atoms with Crippen molar-refractivity contribution in [1.29, 1.82) is 0 Å². The molecule has 0 aliphatic carbocycles. The van der Waals surface area contributed by atoms with Crippen LogP contribution in [0.25, 0.3) is 0 Å². The molecule has 0 unspecified atom stereocenters. The highest BCUT2D eigenvalue weighted by Gasteiger charge is 1.57. The van der Waals surface area contributed by atoms with Gasteiger partial charge in [-0.2, -0.15) is 0 Å². The van der Waals surface area contributed by atoms with Crippen LogP contribution in [0.3, 0.4) is 0 Å². The molecule has 0 saturated carbocycles. The Labute approximate surface area is 77.6 Å². The summed E-state index contributed by atoms with van der Waals surface area (Å²) in [7, 11) is 1.50. The highest BCUT2D eigenvalue weighted by atomic mass is 14.4. The Hall–Kier alpha value is -0.820. The van der Waals surface area contributed by atoms with Gasteiger partial charge in [-0.3, -0.25) is 0 Å². The van der Waals surface area contributed by atoms with E-state index in [0.29, 0.717) is 0 Å². The molecule has 0 saturated heterocycles. The van der Waals surface area contributed by atoms with Gasteiger partial charge in [-0.15, -0.1) is 0 Å². The van der Waals surface area contributed by atoms with E-state index in [-0.39, 0.29) is 0 Å². The predicted octanol–water partition coefficient (Wildman–Crippen LogP) is 3.31. The number of hydrogen-bond acceptors (Lipinski definition) is 1. The Kier molecular flexibility index (Phi) is 46.1. The largest absolute Gasteiger partial charge is 0.333 e. The lowest BCUT2D eigenvalue weighted by molar-refractivity contribution is 1.48. The first-order valence-corrected chi connectivity index (χ1v) is 4.58. The van der Waals surface area contributed by atoms with E-state index in [2.05, 4.69) is 5.73 Å². The van der Waals surface area contributed by atoms with Crippen molar-refractivity contribution in [2.75, 3.05) is 7.05 Å². The molecule has 0 aliphatic heterocycles. The van der Waals surface area contributed by atoms with Gasteiger partial charge < -0.3 is 5.73 Å². The second kappa shape index (κ2) is 32.0. The highest BCUT2D eigenvalue weighted by molar-refractivity contribution is 4.99. The molecule has 1 heteroatoms. The van der Waals surface area contributed by atoms with E-state index in [4.69, 9.17) is 0 Å². The molecule has 1 aromatic carbocycles. The summed E-state index contributed by atoms with van der Waals surface area (Å²) in [5, 5.41) is 0. The molecule has 1 aromatic rings. The molecule has 0 amide bonds. The SMILES string of the molecule is CC.CC.CN.c1ccccc1.